The standard InChI is InChI=1S/C9H11F3N2/c10-9(11,12)7-3-6(1-2-13)4-8(14)5-7/h3-5H,1-2,13-14H2. The molecule has 1 rings (SSSR count). The molecule has 1 aromatic carbocycles. The summed E-state index contributed by atoms with van der Waals surface area (Å²) in [6.07, 6.45) is -3.95. The molecule has 0 aliphatic heterocycles. The smallest absolute Gasteiger partial charge is 0.399 e. The largest absolute Gasteiger partial charge is 0.416 e. The number of benzene rings is 1. The van der Waals surface area contributed by atoms with E-state index in [9.17, 15) is 13.2 Å². The SMILES string of the molecule is NCCc1cc(N)cc(C(F)(F)F)c1. The minimum atomic E-state index is -4.35. The van der Waals surface area contributed by atoms with Crippen LogP contribution in [0, 0.1) is 0 Å². The van der Waals surface area contributed by atoms with Crippen LogP contribution in [0.25, 0.3) is 0 Å². The van der Waals surface area contributed by atoms with Crippen LogP contribution in [0.15, 0.2) is 18.2 Å². The molecule has 4 N–H and O–H groups in total. The van der Waals surface area contributed by atoms with Gasteiger partial charge in [0.15, 0.2) is 0 Å². The molecule has 0 aromatic heterocycles. The zero-order valence-corrected chi connectivity index (χ0v) is 7.43. The fourth-order valence-electron chi connectivity index (χ4n) is 1.19. The first-order chi connectivity index (χ1) is 6.43. The lowest BCUT2D eigenvalue weighted by molar-refractivity contribution is -0.137. The highest BCUT2D eigenvalue weighted by molar-refractivity contribution is 5.45. The van der Waals surface area contributed by atoms with E-state index in [1.165, 1.54) is 6.07 Å². The molecule has 5 heteroatoms. The number of hydrogen-bond acceptors (Lipinski definition) is 2. The van der Waals surface area contributed by atoms with Gasteiger partial charge in [-0.2, -0.15) is 13.2 Å². The Kier molecular flexibility index (Phi) is 3.00. The lowest BCUT2D eigenvalue weighted by atomic mass is 10.1. The van der Waals surface area contributed by atoms with Crippen molar-refractivity contribution in [3.05, 3.63) is 29.3 Å². The molecule has 0 atom stereocenters. The molecule has 0 fully saturated rings. The van der Waals surface area contributed by atoms with Gasteiger partial charge in [0.05, 0.1) is 5.56 Å². The number of hydrogen-bond donors (Lipinski definition) is 2. The van der Waals surface area contributed by atoms with Crippen molar-refractivity contribution in [3.63, 3.8) is 0 Å². The van der Waals surface area contributed by atoms with Crippen LogP contribution in [0.3, 0.4) is 0 Å². The Bertz CT molecular complexity index is 320. The third-order valence-corrected chi connectivity index (χ3v) is 1.78. The zero-order chi connectivity index (χ0) is 10.8. The fraction of sp³-hybridized carbons (Fsp3) is 0.333. The van der Waals surface area contributed by atoms with Gasteiger partial charge in [-0.1, -0.05) is 0 Å². The van der Waals surface area contributed by atoms with Gasteiger partial charge in [0.1, 0.15) is 0 Å². The van der Waals surface area contributed by atoms with Crippen LogP contribution < -0.4 is 11.5 Å². The van der Waals surface area contributed by atoms with Crippen molar-refractivity contribution in [3.8, 4) is 0 Å². The van der Waals surface area contributed by atoms with Crippen LogP contribution in [-0.4, -0.2) is 6.54 Å². The quantitative estimate of drug-likeness (QED) is 0.721. The molecule has 0 radical (unpaired) electrons. The van der Waals surface area contributed by atoms with E-state index in [2.05, 4.69) is 0 Å². The highest BCUT2D eigenvalue weighted by atomic mass is 19.4. The van der Waals surface area contributed by atoms with Crippen molar-refractivity contribution in [2.75, 3.05) is 12.3 Å². The molecule has 0 aliphatic carbocycles. The van der Waals surface area contributed by atoms with Crippen molar-refractivity contribution in [2.24, 2.45) is 5.73 Å². The molecule has 0 bridgehead atoms. The summed E-state index contributed by atoms with van der Waals surface area (Å²) in [7, 11) is 0. The number of alkyl halides is 3. The lowest BCUT2D eigenvalue weighted by Crippen LogP contribution is -2.09. The molecule has 14 heavy (non-hydrogen) atoms. The maximum Gasteiger partial charge on any atom is 0.416 e. The maximum atomic E-state index is 12.3. The van der Waals surface area contributed by atoms with Crippen LogP contribution in [0.4, 0.5) is 18.9 Å². The average Bonchev–Trinajstić information content (AvgIpc) is 2.02. The highest BCUT2D eigenvalue weighted by Gasteiger charge is 2.30. The average molecular weight is 204 g/mol. The third-order valence-electron chi connectivity index (χ3n) is 1.78. The fourth-order valence-corrected chi connectivity index (χ4v) is 1.19. The summed E-state index contributed by atoms with van der Waals surface area (Å²) in [6, 6.07) is 3.49. The molecule has 1 aromatic rings. The molecule has 0 aliphatic rings. The van der Waals surface area contributed by atoms with Gasteiger partial charge >= 0.3 is 6.18 Å². The zero-order valence-electron chi connectivity index (χ0n) is 7.43. The first kappa shape index (κ1) is 10.8. The summed E-state index contributed by atoms with van der Waals surface area (Å²) < 4.78 is 36.9. The van der Waals surface area contributed by atoms with E-state index in [4.69, 9.17) is 11.5 Å². The van der Waals surface area contributed by atoms with E-state index in [-0.39, 0.29) is 5.69 Å². The third kappa shape index (κ3) is 2.63. The van der Waals surface area contributed by atoms with E-state index in [0.29, 0.717) is 18.5 Å². The van der Waals surface area contributed by atoms with E-state index in [1.807, 2.05) is 0 Å². The maximum absolute atomic E-state index is 12.3. The minimum absolute atomic E-state index is 0.114. The molecule has 0 unspecified atom stereocenters. The monoisotopic (exact) mass is 204 g/mol. The van der Waals surface area contributed by atoms with E-state index >= 15 is 0 Å². The molecule has 0 spiro atoms. The molecule has 0 heterocycles. The summed E-state index contributed by atoms with van der Waals surface area (Å²) in [5.74, 6) is 0. The Labute approximate surface area is 79.7 Å². The molecule has 78 valence electrons. The first-order valence-corrected chi connectivity index (χ1v) is 4.10. The lowest BCUT2D eigenvalue weighted by Gasteiger charge is -2.09. The van der Waals surface area contributed by atoms with Crippen LogP contribution in [0.2, 0.25) is 0 Å². The van der Waals surface area contributed by atoms with Crippen molar-refractivity contribution in [1.29, 1.82) is 0 Å². The number of nitrogens with two attached hydrogens (primary N) is 2. The predicted molar refractivity (Wildman–Crippen MR) is 48.6 cm³/mol. The Balaban J connectivity index is 3.07. The van der Waals surface area contributed by atoms with Gasteiger partial charge in [-0.05, 0) is 36.7 Å². The highest BCUT2D eigenvalue weighted by Crippen LogP contribution is 2.31. The van der Waals surface area contributed by atoms with Gasteiger partial charge in [-0.15, -0.1) is 0 Å². The molecule has 0 saturated carbocycles. The minimum Gasteiger partial charge on any atom is -0.399 e. The summed E-state index contributed by atoms with van der Waals surface area (Å²) in [5.41, 5.74) is 10.5. The van der Waals surface area contributed by atoms with Gasteiger partial charge in [0, 0.05) is 5.69 Å². The van der Waals surface area contributed by atoms with E-state index < -0.39 is 11.7 Å². The van der Waals surface area contributed by atoms with Crippen molar-refractivity contribution in [1.82, 2.24) is 0 Å². The second-order valence-electron chi connectivity index (χ2n) is 3.00. The van der Waals surface area contributed by atoms with Crippen molar-refractivity contribution < 1.29 is 13.2 Å². The summed E-state index contributed by atoms with van der Waals surface area (Å²) in [4.78, 5) is 0. The van der Waals surface area contributed by atoms with Gasteiger partial charge in [0.25, 0.3) is 0 Å². The molecular formula is C9H11F3N2. The number of halogens is 3. The Morgan fingerprint density at radius 3 is 2.29 bits per heavy atom. The molecule has 0 saturated heterocycles. The van der Waals surface area contributed by atoms with Gasteiger partial charge in [0.2, 0.25) is 0 Å². The number of nitrogen functional groups attached to an aromatic ring is 1. The van der Waals surface area contributed by atoms with Crippen LogP contribution in [0.1, 0.15) is 11.1 Å². The first-order valence-electron chi connectivity index (χ1n) is 4.10. The van der Waals surface area contributed by atoms with Crippen LogP contribution in [0.5, 0.6) is 0 Å². The topological polar surface area (TPSA) is 52.0 Å². The number of rotatable bonds is 2. The number of anilines is 1. The summed E-state index contributed by atoms with van der Waals surface area (Å²) in [5, 5.41) is 0. The summed E-state index contributed by atoms with van der Waals surface area (Å²) in [6.45, 7) is 0.306. The van der Waals surface area contributed by atoms with Gasteiger partial charge in [-0.3, -0.25) is 0 Å². The second kappa shape index (κ2) is 3.88. The normalized spacial score (nSPS) is 11.7. The van der Waals surface area contributed by atoms with Crippen molar-refractivity contribution >= 4 is 5.69 Å². The van der Waals surface area contributed by atoms with Crippen LogP contribution >= 0.6 is 0 Å². The van der Waals surface area contributed by atoms with Crippen molar-refractivity contribution in [2.45, 2.75) is 12.6 Å². The van der Waals surface area contributed by atoms with E-state index in [0.717, 1.165) is 12.1 Å². The van der Waals surface area contributed by atoms with Gasteiger partial charge < -0.3 is 11.5 Å². The Hall–Kier alpha value is -1.23. The Morgan fingerprint density at radius 2 is 1.79 bits per heavy atom. The second-order valence-corrected chi connectivity index (χ2v) is 3.00. The Morgan fingerprint density at radius 1 is 1.14 bits per heavy atom. The van der Waals surface area contributed by atoms with Gasteiger partial charge in [-0.25, -0.2) is 0 Å². The predicted octanol–water partition coefficient (Wildman–Crippen LogP) is 1.79. The molecule has 2 nitrogen and oxygen atoms in total. The molecular weight excluding hydrogens is 193 g/mol. The van der Waals surface area contributed by atoms with Crippen LogP contribution in [-0.2, 0) is 12.6 Å². The molecule has 0 amide bonds. The summed E-state index contributed by atoms with van der Waals surface area (Å²) >= 11 is 0. The van der Waals surface area contributed by atoms with E-state index in [1.54, 1.807) is 0 Å².